The molecular weight excluding hydrogens is 405 g/mol. The molecule has 0 heterocycles. The lowest BCUT2D eigenvalue weighted by molar-refractivity contribution is 0.0776. The molecule has 0 radical (unpaired) electrons. The zero-order valence-corrected chi connectivity index (χ0v) is 16.9. The lowest BCUT2D eigenvalue weighted by atomic mass is 10.2. The van der Waals surface area contributed by atoms with Gasteiger partial charge in [0.2, 0.25) is 0 Å². The molecule has 0 aliphatic rings. The first kappa shape index (κ1) is 22.0. The summed E-state index contributed by atoms with van der Waals surface area (Å²) < 4.78 is 11.1. The van der Waals surface area contributed by atoms with Crippen LogP contribution in [-0.2, 0) is 11.3 Å². The van der Waals surface area contributed by atoms with E-state index in [2.05, 4.69) is 21.7 Å². The number of benzene rings is 1. The smallest absolute Gasteiger partial charge is 0.191 e. The minimum Gasteiger partial charge on any atom is -0.494 e. The van der Waals surface area contributed by atoms with E-state index >= 15 is 0 Å². The van der Waals surface area contributed by atoms with Gasteiger partial charge in [0, 0.05) is 32.3 Å². The Morgan fingerprint density at radius 3 is 2.61 bits per heavy atom. The molecule has 0 saturated carbocycles. The molecule has 1 rings (SSSR count). The summed E-state index contributed by atoms with van der Waals surface area (Å²) in [4.78, 5) is 4.22. The van der Waals surface area contributed by atoms with Gasteiger partial charge in [-0.3, -0.25) is 4.99 Å². The predicted molar refractivity (Wildman–Crippen MR) is 107 cm³/mol. The minimum atomic E-state index is 0. The molecule has 5 nitrogen and oxygen atoms in total. The summed E-state index contributed by atoms with van der Waals surface area (Å²) in [5.74, 6) is 1.70. The number of ether oxygens (including phenoxy) is 2. The van der Waals surface area contributed by atoms with Crippen molar-refractivity contribution < 1.29 is 9.47 Å². The molecule has 0 aliphatic heterocycles. The van der Waals surface area contributed by atoms with Crippen LogP contribution in [0.3, 0.4) is 0 Å². The van der Waals surface area contributed by atoms with Crippen LogP contribution < -0.4 is 15.4 Å². The van der Waals surface area contributed by atoms with Gasteiger partial charge in [-0.05, 0) is 33.3 Å². The number of nitrogens with one attached hydrogen (secondary N) is 2. The third-order valence-corrected chi connectivity index (χ3v) is 3.01. The van der Waals surface area contributed by atoms with Crippen LogP contribution in [-0.4, -0.2) is 38.9 Å². The van der Waals surface area contributed by atoms with Crippen molar-refractivity contribution in [3.63, 3.8) is 0 Å². The Morgan fingerprint density at radius 2 is 1.96 bits per heavy atom. The zero-order valence-electron chi connectivity index (χ0n) is 14.6. The molecule has 0 amide bonds. The van der Waals surface area contributed by atoms with Gasteiger partial charge in [-0.15, -0.1) is 24.0 Å². The average molecular weight is 435 g/mol. The van der Waals surface area contributed by atoms with Gasteiger partial charge in [0.25, 0.3) is 0 Å². The van der Waals surface area contributed by atoms with Crippen molar-refractivity contribution in [3.8, 4) is 5.75 Å². The molecule has 0 bridgehead atoms. The fourth-order valence-corrected chi connectivity index (χ4v) is 1.94. The fraction of sp³-hybridized carbons (Fsp3) is 0.588. The molecule has 0 atom stereocenters. The normalized spacial score (nSPS) is 11.1. The molecule has 132 valence electrons. The van der Waals surface area contributed by atoms with Gasteiger partial charge in [0.05, 0.1) is 12.7 Å². The highest BCUT2D eigenvalue weighted by Gasteiger charge is 2.03. The number of nitrogens with zero attached hydrogens (tertiary/aromatic N) is 1. The van der Waals surface area contributed by atoms with Crippen LogP contribution in [0.2, 0.25) is 0 Å². The molecule has 2 N–H and O–H groups in total. The number of para-hydroxylation sites is 1. The van der Waals surface area contributed by atoms with E-state index in [-0.39, 0.29) is 30.1 Å². The van der Waals surface area contributed by atoms with Gasteiger partial charge in [-0.25, -0.2) is 0 Å². The second-order valence-corrected chi connectivity index (χ2v) is 5.17. The van der Waals surface area contributed by atoms with Crippen LogP contribution >= 0.6 is 24.0 Å². The summed E-state index contributed by atoms with van der Waals surface area (Å²) >= 11 is 0. The minimum absolute atomic E-state index is 0. The second kappa shape index (κ2) is 13.4. The quantitative estimate of drug-likeness (QED) is 0.271. The Labute approximate surface area is 157 Å². The molecule has 0 spiro atoms. The standard InChI is InChI=1S/C17H29N3O2.HI/c1-5-21-16-10-7-6-9-15(16)13-20-17(18-4)19-11-8-12-22-14(2)3;/h6-7,9-10,14H,5,8,11-13H2,1-4H3,(H2,18,19,20);1H. The molecule has 1 aromatic rings. The van der Waals surface area contributed by atoms with E-state index in [0.29, 0.717) is 13.2 Å². The molecule has 0 aliphatic carbocycles. The largest absolute Gasteiger partial charge is 0.494 e. The Kier molecular flexibility index (Phi) is 12.8. The maximum Gasteiger partial charge on any atom is 0.191 e. The number of hydrogen-bond acceptors (Lipinski definition) is 3. The van der Waals surface area contributed by atoms with Crippen LogP contribution in [0.1, 0.15) is 32.8 Å². The highest BCUT2D eigenvalue weighted by Crippen LogP contribution is 2.17. The summed E-state index contributed by atoms with van der Waals surface area (Å²) in [5.41, 5.74) is 1.12. The Morgan fingerprint density at radius 1 is 1.22 bits per heavy atom. The molecule has 23 heavy (non-hydrogen) atoms. The topological polar surface area (TPSA) is 54.9 Å². The van der Waals surface area contributed by atoms with Crippen molar-refractivity contribution >= 4 is 29.9 Å². The monoisotopic (exact) mass is 435 g/mol. The number of hydrogen-bond donors (Lipinski definition) is 2. The van der Waals surface area contributed by atoms with Gasteiger partial charge in [-0.1, -0.05) is 18.2 Å². The van der Waals surface area contributed by atoms with Crippen molar-refractivity contribution in [2.45, 2.75) is 39.8 Å². The van der Waals surface area contributed by atoms with Crippen LogP contribution in [0.5, 0.6) is 5.75 Å². The van der Waals surface area contributed by atoms with Crippen LogP contribution in [0.15, 0.2) is 29.3 Å². The third kappa shape index (κ3) is 9.65. The molecule has 0 fully saturated rings. The van der Waals surface area contributed by atoms with E-state index in [4.69, 9.17) is 9.47 Å². The first-order valence-electron chi connectivity index (χ1n) is 7.94. The van der Waals surface area contributed by atoms with E-state index in [1.54, 1.807) is 7.05 Å². The lowest BCUT2D eigenvalue weighted by Crippen LogP contribution is -2.37. The molecule has 0 saturated heterocycles. The van der Waals surface area contributed by atoms with Gasteiger partial charge in [0.15, 0.2) is 5.96 Å². The first-order valence-corrected chi connectivity index (χ1v) is 7.94. The number of halogens is 1. The van der Waals surface area contributed by atoms with Gasteiger partial charge < -0.3 is 20.1 Å². The summed E-state index contributed by atoms with van der Waals surface area (Å²) in [6, 6.07) is 8.04. The van der Waals surface area contributed by atoms with E-state index < -0.39 is 0 Å². The lowest BCUT2D eigenvalue weighted by Gasteiger charge is -2.14. The maximum absolute atomic E-state index is 5.62. The highest BCUT2D eigenvalue weighted by atomic mass is 127. The second-order valence-electron chi connectivity index (χ2n) is 5.17. The molecule has 0 aromatic heterocycles. The van der Waals surface area contributed by atoms with E-state index in [1.165, 1.54) is 0 Å². The van der Waals surface area contributed by atoms with Gasteiger partial charge in [0.1, 0.15) is 5.75 Å². The summed E-state index contributed by atoms with van der Waals surface area (Å²) in [7, 11) is 1.77. The summed E-state index contributed by atoms with van der Waals surface area (Å²) in [5, 5.41) is 6.59. The van der Waals surface area contributed by atoms with Crippen LogP contribution in [0.4, 0.5) is 0 Å². The Hall–Kier alpha value is -1.02. The van der Waals surface area contributed by atoms with Crippen LogP contribution in [0.25, 0.3) is 0 Å². The van der Waals surface area contributed by atoms with Gasteiger partial charge in [-0.2, -0.15) is 0 Å². The van der Waals surface area contributed by atoms with Crippen molar-refractivity contribution in [3.05, 3.63) is 29.8 Å². The highest BCUT2D eigenvalue weighted by molar-refractivity contribution is 14.0. The molecule has 6 heteroatoms. The molecule has 1 aromatic carbocycles. The van der Waals surface area contributed by atoms with Crippen molar-refractivity contribution in [2.24, 2.45) is 4.99 Å². The third-order valence-electron chi connectivity index (χ3n) is 3.01. The Bertz CT molecular complexity index is 453. The summed E-state index contributed by atoms with van der Waals surface area (Å²) in [6.45, 7) is 9.02. The molecule has 0 unspecified atom stereocenters. The average Bonchev–Trinajstić information content (AvgIpc) is 2.51. The molecular formula is C17H30IN3O2. The van der Waals surface area contributed by atoms with E-state index in [9.17, 15) is 0 Å². The van der Waals surface area contributed by atoms with Crippen molar-refractivity contribution in [2.75, 3.05) is 26.8 Å². The van der Waals surface area contributed by atoms with Gasteiger partial charge >= 0.3 is 0 Å². The maximum atomic E-state index is 5.62. The van der Waals surface area contributed by atoms with E-state index in [0.717, 1.165) is 36.8 Å². The fourth-order valence-electron chi connectivity index (χ4n) is 1.94. The number of aliphatic imine (C=N–C) groups is 1. The number of rotatable bonds is 9. The van der Waals surface area contributed by atoms with Crippen molar-refractivity contribution in [1.82, 2.24) is 10.6 Å². The number of guanidine groups is 1. The van der Waals surface area contributed by atoms with Crippen molar-refractivity contribution in [1.29, 1.82) is 0 Å². The predicted octanol–water partition coefficient (Wildman–Crippen LogP) is 3.18. The first-order chi connectivity index (χ1) is 10.7. The van der Waals surface area contributed by atoms with E-state index in [1.807, 2.05) is 39.0 Å². The summed E-state index contributed by atoms with van der Waals surface area (Å²) in [6.07, 6.45) is 1.24. The SMILES string of the molecule is CCOc1ccccc1CNC(=NC)NCCCOC(C)C.I. The zero-order chi connectivity index (χ0) is 16.2. The Balaban J connectivity index is 0.00000484. The van der Waals surface area contributed by atoms with Crippen LogP contribution in [0, 0.1) is 0 Å².